The molecule has 3 nitrogen and oxygen atoms in total. The van der Waals surface area contributed by atoms with Crippen LogP contribution in [0.15, 0.2) is 52.5 Å². The van der Waals surface area contributed by atoms with Gasteiger partial charge >= 0.3 is 0 Å². The van der Waals surface area contributed by atoms with E-state index in [4.69, 9.17) is 29.6 Å². The number of allylic oxidation sites excluding steroid dienone is 2. The minimum absolute atomic E-state index is 0.323. The molecular formula is C18H22ClN3S2. The van der Waals surface area contributed by atoms with Crippen LogP contribution in [-0.2, 0) is 0 Å². The van der Waals surface area contributed by atoms with Crippen LogP contribution in [0.4, 0.5) is 0 Å². The number of hydrogen-bond donors (Lipinski definition) is 2. The highest BCUT2D eigenvalue weighted by atomic mass is 35.5. The molecule has 1 aliphatic carbocycles. The van der Waals surface area contributed by atoms with E-state index < -0.39 is 10.2 Å². The average molecular weight is 380 g/mol. The average Bonchev–Trinajstić information content (AvgIpc) is 2.97. The van der Waals surface area contributed by atoms with Crippen molar-refractivity contribution in [3.8, 4) is 0 Å². The molecule has 0 saturated heterocycles. The number of nitrogens with two attached hydrogens (primary N) is 1. The fraction of sp³-hybridized carbons (Fsp3) is 0.333. The third-order valence-electron chi connectivity index (χ3n) is 4.31. The van der Waals surface area contributed by atoms with E-state index >= 15 is 0 Å². The zero-order valence-electron chi connectivity index (χ0n) is 13.5. The topological polar surface area (TPSA) is 50.4 Å². The van der Waals surface area contributed by atoms with Crippen LogP contribution in [0.25, 0.3) is 0 Å². The van der Waals surface area contributed by atoms with Crippen molar-refractivity contribution in [1.29, 1.82) is 0 Å². The predicted molar refractivity (Wildman–Crippen MR) is 111 cm³/mol. The Labute approximate surface area is 155 Å². The van der Waals surface area contributed by atoms with Gasteiger partial charge in [-0.2, -0.15) is 0 Å². The highest BCUT2D eigenvalue weighted by Crippen LogP contribution is 2.53. The quantitative estimate of drug-likeness (QED) is 0.558. The zero-order chi connectivity index (χ0) is 17.0. The lowest BCUT2D eigenvalue weighted by Gasteiger charge is -2.37. The Hall–Kier alpha value is -1.30. The van der Waals surface area contributed by atoms with Crippen molar-refractivity contribution >= 4 is 44.2 Å². The van der Waals surface area contributed by atoms with Gasteiger partial charge < -0.3 is 10.5 Å². The minimum Gasteiger partial charge on any atom is -0.376 e. The Morgan fingerprint density at radius 3 is 2.96 bits per heavy atom. The van der Waals surface area contributed by atoms with E-state index in [-0.39, 0.29) is 0 Å². The summed E-state index contributed by atoms with van der Waals surface area (Å²) < 4.78 is 3.37. The van der Waals surface area contributed by atoms with Crippen LogP contribution in [0.3, 0.4) is 0 Å². The normalized spacial score (nSPS) is 25.5. The molecule has 0 aromatic heterocycles. The molecule has 1 aromatic carbocycles. The van der Waals surface area contributed by atoms with Gasteiger partial charge in [0.05, 0.1) is 0 Å². The summed E-state index contributed by atoms with van der Waals surface area (Å²) in [6.45, 7) is 0. The molecule has 1 unspecified atom stereocenters. The van der Waals surface area contributed by atoms with Crippen molar-refractivity contribution in [2.45, 2.75) is 32.1 Å². The first-order valence-electron chi connectivity index (χ1n) is 8.15. The van der Waals surface area contributed by atoms with Crippen molar-refractivity contribution in [1.82, 2.24) is 4.72 Å². The Kier molecular flexibility index (Phi) is 5.64. The van der Waals surface area contributed by atoms with Crippen LogP contribution in [0, 0.1) is 0 Å². The van der Waals surface area contributed by atoms with Crippen LogP contribution in [0.2, 0.25) is 5.02 Å². The molecule has 128 valence electrons. The third-order valence-corrected chi connectivity index (χ3v) is 7.83. The van der Waals surface area contributed by atoms with Crippen molar-refractivity contribution in [3.05, 3.63) is 58.1 Å². The van der Waals surface area contributed by atoms with Crippen LogP contribution < -0.4 is 10.5 Å². The van der Waals surface area contributed by atoms with Gasteiger partial charge in [-0.15, -0.1) is 10.2 Å². The smallest absolute Gasteiger partial charge is 0.173 e. The van der Waals surface area contributed by atoms with E-state index in [1.807, 2.05) is 30.5 Å². The van der Waals surface area contributed by atoms with Gasteiger partial charge in [0.15, 0.2) is 5.11 Å². The van der Waals surface area contributed by atoms with Crippen molar-refractivity contribution < 1.29 is 0 Å². The van der Waals surface area contributed by atoms with Gasteiger partial charge in [-0.05, 0) is 61.9 Å². The summed E-state index contributed by atoms with van der Waals surface area (Å²) in [5.74, 6) is 0.956. The Morgan fingerprint density at radius 1 is 1.38 bits per heavy atom. The molecule has 3 N–H and O–H groups in total. The van der Waals surface area contributed by atoms with Crippen molar-refractivity contribution in [2.75, 3.05) is 5.75 Å². The first kappa shape index (κ1) is 17.5. The second-order valence-electron chi connectivity index (χ2n) is 6.05. The van der Waals surface area contributed by atoms with Crippen LogP contribution in [-0.4, -0.2) is 15.9 Å². The number of hydrogen-bond acceptors (Lipinski definition) is 2. The molecule has 6 heteroatoms. The second-order valence-corrected chi connectivity index (χ2v) is 9.79. The fourth-order valence-electron chi connectivity index (χ4n) is 3.17. The van der Waals surface area contributed by atoms with Crippen LogP contribution in [0.1, 0.15) is 37.7 Å². The predicted octanol–water partition coefficient (Wildman–Crippen LogP) is 5.01. The van der Waals surface area contributed by atoms with Crippen LogP contribution >= 0.6 is 34.0 Å². The minimum atomic E-state index is -1.52. The lowest BCUT2D eigenvalue weighted by atomic mass is 9.98. The summed E-state index contributed by atoms with van der Waals surface area (Å²) in [6.07, 6.45) is 10.3. The lowest BCUT2D eigenvalue weighted by molar-refractivity contribution is 0.685. The maximum atomic E-state index is 6.17. The monoisotopic (exact) mass is 379 g/mol. The van der Waals surface area contributed by atoms with Crippen LogP contribution in [0.5, 0.6) is 0 Å². The fourth-order valence-corrected chi connectivity index (χ4v) is 6.54. The van der Waals surface area contributed by atoms with Gasteiger partial charge in [0.2, 0.25) is 0 Å². The van der Waals surface area contributed by atoms with Gasteiger partial charge in [-0.3, -0.25) is 0 Å². The highest BCUT2D eigenvalue weighted by molar-refractivity contribution is 8.47. The summed E-state index contributed by atoms with van der Waals surface area (Å²) in [4.78, 5) is 4.63. The summed E-state index contributed by atoms with van der Waals surface area (Å²) >= 11 is 11.3. The van der Waals surface area contributed by atoms with E-state index in [1.54, 1.807) is 5.57 Å². The summed E-state index contributed by atoms with van der Waals surface area (Å²) in [5.41, 5.74) is 8.42. The van der Waals surface area contributed by atoms with Gasteiger partial charge in [0.1, 0.15) is 5.04 Å². The number of nitrogens with one attached hydrogen (secondary N) is 1. The molecule has 1 aromatic rings. The summed E-state index contributed by atoms with van der Waals surface area (Å²) in [5, 5.41) is 4.19. The molecule has 3 rings (SSSR count). The Morgan fingerprint density at radius 2 is 2.25 bits per heavy atom. The molecular weight excluding hydrogens is 358 g/mol. The van der Waals surface area contributed by atoms with E-state index in [0.29, 0.717) is 10.1 Å². The van der Waals surface area contributed by atoms with E-state index in [0.717, 1.165) is 22.8 Å². The second kappa shape index (κ2) is 7.72. The van der Waals surface area contributed by atoms with E-state index in [1.165, 1.54) is 25.7 Å². The SMILES string of the molecule is NC(=S)NS1(CCC2=CCCCC2)C=CN=C1c1cccc(Cl)c1. The van der Waals surface area contributed by atoms with E-state index in [9.17, 15) is 0 Å². The summed E-state index contributed by atoms with van der Waals surface area (Å²) in [6, 6.07) is 7.82. The van der Waals surface area contributed by atoms with Gasteiger partial charge in [0, 0.05) is 22.5 Å². The first-order valence-corrected chi connectivity index (χ1v) is 10.8. The molecule has 1 aliphatic heterocycles. The molecule has 0 amide bonds. The molecule has 0 saturated carbocycles. The maximum Gasteiger partial charge on any atom is 0.173 e. The molecule has 24 heavy (non-hydrogen) atoms. The number of nitrogens with zero attached hydrogens (tertiary/aromatic N) is 1. The molecule has 0 bridgehead atoms. The van der Waals surface area contributed by atoms with E-state index in [2.05, 4.69) is 21.2 Å². The molecule has 0 fully saturated rings. The molecule has 1 atom stereocenters. The maximum absolute atomic E-state index is 6.17. The molecule has 2 aliphatic rings. The zero-order valence-corrected chi connectivity index (χ0v) is 15.9. The number of benzene rings is 1. The highest BCUT2D eigenvalue weighted by Gasteiger charge is 2.32. The van der Waals surface area contributed by atoms with Crippen molar-refractivity contribution in [2.24, 2.45) is 10.7 Å². The lowest BCUT2D eigenvalue weighted by Crippen LogP contribution is -2.36. The first-order chi connectivity index (χ1) is 11.6. The molecule has 1 heterocycles. The molecule has 0 radical (unpaired) electrons. The Balaban J connectivity index is 1.86. The van der Waals surface area contributed by atoms with Gasteiger partial charge in [-0.25, -0.2) is 4.99 Å². The Bertz CT molecular complexity index is 727. The van der Waals surface area contributed by atoms with Crippen molar-refractivity contribution in [3.63, 3.8) is 0 Å². The third kappa shape index (κ3) is 4.02. The van der Waals surface area contributed by atoms with Gasteiger partial charge in [0.25, 0.3) is 0 Å². The molecule has 0 spiro atoms. The summed E-state index contributed by atoms with van der Waals surface area (Å²) in [7, 11) is -1.52. The number of halogens is 1. The number of rotatable bonds is 5. The number of aliphatic imine (C=N–C) groups is 1. The number of thiocarbonyl (C=S) groups is 1. The van der Waals surface area contributed by atoms with Gasteiger partial charge in [-0.1, -0.05) is 35.4 Å². The largest absolute Gasteiger partial charge is 0.376 e. The standard InChI is InChI=1S/C18H22ClN3S2/c19-16-8-4-7-15(13-16)17-21-10-12-24(17,22-18(20)23)11-9-14-5-2-1-3-6-14/h4-5,7-8,10,12-13H,1-3,6,9,11H2,(H3,20,22,23).